The van der Waals surface area contributed by atoms with Gasteiger partial charge in [-0.05, 0) is 20.3 Å². The Morgan fingerprint density at radius 3 is 2.33 bits per heavy atom. The quantitative estimate of drug-likeness (QED) is 0.398. The van der Waals surface area contributed by atoms with Gasteiger partial charge in [-0.3, -0.25) is 0 Å². The molecule has 0 fully saturated rings. The maximum atomic E-state index is 3.77. The molecule has 0 aliphatic heterocycles. The first-order valence-corrected chi connectivity index (χ1v) is 3.10. The van der Waals surface area contributed by atoms with E-state index < -0.39 is 0 Å². The maximum absolute atomic E-state index is 3.77. The van der Waals surface area contributed by atoms with Gasteiger partial charge in [-0.2, -0.15) is 0 Å². The number of rotatable bonds is 3. The molecule has 50 valence electrons. The number of allylic oxidation sites excluding steroid dienone is 4. The molecule has 0 aliphatic carbocycles. The number of hydrogen-bond acceptors (Lipinski definition) is 0. The zero-order valence-corrected chi connectivity index (χ0v) is 6.28. The summed E-state index contributed by atoms with van der Waals surface area (Å²) in [5.74, 6) is 0. The Bertz CT molecular complexity index is 138. The predicted octanol–water partition coefficient (Wildman–Crippen LogP) is 3.08. The Hall–Kier alpha value is -0.780. The first-order chi connectivity index (χ1) is 4.16. The molecule has 0 nitrogen and oxygen atoms in total. The summed E-state index contributed by atoms with van der Waals surface area (Å²) >= 11 is 0. The highest BCUT2D eigenvalue weighted by Gasteiger charge is 1.82. The Balaban J connectivity index is 3.83. The topological polar surface area (TPSA) is 0 Å². The SMILES string of the molecule is C=CCC(C)=CC(=C)C. The molecule has 0 aromatic heterocycles. The third-order valence-electron chi connectivity index (χ3n) is 0.959. The van der Waals surface area contributed by atoms with E-state index in [1.807, 2.05) is 13.0 Å². The molecule has 0 rings (SSSR count). The lowest BCUT2D eigenvalue weighted by molar-refractivity contribution is 1.20. The van der Waals surface area contributed by atoms with Crippen molar-refractivity contribution >= 4 is 0 Å². The van der Waals surface area contributed by atoms with Gasteiger partial charge in [-0.1, -0.05) is 29.9 Å². The molecular weight excluding hydrogens is 108 g/mol. The first-order valence-electron chi connectivity index (χ1n) is 3.10. The van der Waals surface area contributed by atoms with Crippen molar-refractivity contribution < 1.29 is 0 Å². The summed E-state index contributed by atoms with van der Waals surface area (Å²) in [6.45, 7) is 11.5. The van der Waals surface area contributed by atoms with E-state index in [1.54, 1.807) is 0 Å². The summed E-state index contributed by atoms with van der Waals surface area (Å²) in [7, 11) is 0. The van der Waals surface area contributed by atoms with E-state index in [9.17, 15) is 0 Å². The molecule has 0 N–H and O–H groups in total. The number of hydrogen-bond donors (Lipinski definition) is 0. The standard InChI is InChI=1S/C9H14/c1-5-6-9(4)7-8(2)3/h5,7H,1-2,6H2,3-4H3. The van der Waals surface area contributed by atoms with Gasteiger partial charge in [0.1, 0.15) is 0 Å². The van der Waals surface area contributed by atoms with E-state index in [1.165, 1.54) is 5.57 Å². The van der Waals surface area contributed by atoms with Gasteiger partial charge < -0.3 is 0 Å². The fourth-order valence-electron chi connectivity index (χ4n) is 0.707. The Labute approximate surface area is 57.6 Å². The molecule has 0 bridgehead atoms. The van der Waals surface area contributed by atoms with E-state index >= 15 is 0 Å². The summed E-state index contributed by atoms with van der Waals surface area (Å²) in [5.41, 5.74) is 2.42. The third kappa shape index (κ3) is 5.09. The molecule has 0 heteroatoms. The maximum Gasteiger partial charge on any atom is -0.0141 e. The lowest BCUT2D eigenvalue weighted by atomic mass is 10.1. The van der Waals surface area contributed by atoms with Crippen molar-refractivity contribution in [2.45, 2.75) is 20.3 Å². The van der Waals surface area contributed by atoms with Crippen molar-refractivity contribution in [1.29, 1.82) is 0 Å². The summed E-state index contributed by atoms with van der Waals surface area (Å²) in [6, 6.07) is 0. The summed E-state index contributed by atoms with van der Waals surface area (Å²) in [6.07, 6.45) is 4.93. The minimum Gasteiger partial charge on any atom is -0.103 e. The largest absolute Gasteiger partial charge is 0.103 e. The highest BCUT2D eigenvalue weighted by atomic mass is 13.9. The highest BCUT2D eigenvalue weighted by molar-refractivity contribution is 5.18. The molecule has 0 atom stereocenters. The minimum atomic E-state index is 0.965. The van der Waals surface area contributed by atoms with Crippen LogP contribution in [0, 0.1) is 0 Å². The molecule has 0 aliphatic rings. The van der Waals surface area contributed by atoms with Crippen LogP contribution in [-0.4, -0.2) is 0 Å². The van der Waals surface area contributed by atoms with Gasteiger partial charge in [0.2, 0.25) is 0 Å². The van der Waals surface area contributed by atoms with Crippen LogP contribution in [0.1, 0.15) is 20.3 Å². The van der Waals surface area contributed by atoms with Crippen molar-refractivity contribution in [1.82, 2.24) is 0 Å². The molecular formula is C9H14. The van der Waals surface area contributed by atoms with Gasteiger partial charge in [-0.25, -0.2) is 0 Å². The van der Waals surface area contributed by atoms with Crippen molar-refractivity contribution in [2.75, 3.05) is 0 Å². The van der Waals surface area contributed by atoms with Crippen molar-refractivity contribution in [3.05, 3.63) is 36.5 Å². The van der Waals surface area contributed by atoms with Gasteiger partial charge in [0, 0.05) is 0 Å². The van der Waals surface area contributed by atoms with Crippen LogP contribution in [0.15, 0.2) is 36.5 Å². The van der Waals surface area contributed by atoms with E-state index in [-0.39, 0.29) is 0 Å². The molecule has 0 saturated heterocycles. The Kier molecular flexibility index (Phi) is 3.78. The van der Waals surface area contributed by atoms with E-state index in [0.29, 0.717) is 0 Å². The zero-order chi connectivity index (χ0) is 7.28. The molecule has 0 aromatic carbocycles. The second-order valence-electron chi connectivity index (χ2n) is 2.33. The summed E-state index contributed by atoms with van der Waals surface area (Å²) < 4.78 is 0. The highest BCUT2D eigenvalue weighted by Crippen LogP contribution is 2.03. The van der Waals surface area contributed by atoms with Crippen LogP contribution in [0.5, 0.6) is 0 Å². The summed E-state index contributed by atoms with van der Waals surface area (Å²) in [5, 5.41) is 0. The molecule has 0 radical (unpaired) electrons. The second kappa shape index (κ2) is 4.13. The first kappa shape index (κ1) is 8.22. The molecule has 0 aromatic rings. The van der Waals surface area contributed by atoms with E-state index in [4.69, 9.17) is 0 Å². The molecule has 0 unspecified atom stereocenters. The fraction of sp³-hybridized carbons (Fsp3) is 0.333. The average Bonchev–Trinajstić information content (AvgIpc) is 1.63. The lowest BCUT2D eigenvalue weighted by Gasteiger charge is -1.92. The van der Waals surface area contributed by atoms with Gasteiger partial charge >= 0.3 is 0 Å². The Morgan fingerprint density at radius 1 is 1.44 bits per heavy atom. The molecule has 0 spiro atoms. The predicted molar refractivity (Wildman–Crippen MR) is 43.4 cm³/mol. The van der Waals surface area contributed by atoms with E-state index in [2.05, 4.69) is 26.2 Å². The third-order valence-corrected chi connectivity index (χ3v) is 0.959. The van der Waals surface area contributed by atoms with Crippen LogP contribution >= 0.6 is 0 Å². The summed E-state index contributed by atoms with van der Waals surface area (Å²) in [4.78, 5) is 0. The normalized spacial score (nSPS) is 11.1. The van der Waals surface area contributed by atoms with Crippen LogP contribution in [0.25, 0.3) is 0 Å². The van der Waals surface area contributed by atoms with E-state index in [0.717, 1.165) is 12.0 Å². The van der Waals surface area contributed by atoms with Crippen molar-refractivity contribution in [2.24, 2.45) is 0 Å². The van der Waals surface area contributed by atoms with Gasteiger partial charge in [0.15, 0.2) is 0 Å². The van der Waals surface area contributed by atoms with Gasteiger partial charge in [0.25, 0.3) is 0 Å². The minimum absolute atomic E-state index is 0.965. The molecule has 9 heavy (non-hydrogen) atoms. The van der Waals surface area contributed by atoms with Crippen molar-refractivity contribution in [3.63, 3.8) is 0 Å². The monoisotopic (exact) mass is 122 g/mol. The van der Waals surface area contributed by atoms with Crippen LogP contribution in [0.2, 0.25) is 0 Å². The van der Waals surface area contributed by atoms with Crippen LogP contribution in [0.3, 0.4) is 0 Å². The van der Waals surface area contributed by atoms with Gasteiger partial charge in [-0.15, -0.1) is 6.58 Å². The Morgan fingerprint density at radius 2 is 2.00 bits per heavy atom. The smallest absolute Gasteiger partial charge is 0.0141 e. The zero-order valence-electron chi connectivity index (χ0n) is 6.28. The fourth-order valence-corrected chi connectivity index (χ4v) is 0.707. The average molecular weight is 122 g/mol. The molecule has 0 heterocycles. The van der Waals surface area contributed by atoms with Crippen molar-refractivity contribution in [3.8, 4) is 0 Å². The van der Waals surface area contributed by atoms with Crippen LogP contribution in [0.4, 0.5) is 0 Å². The molecule has 0 saturated carbocycles. The lowest BCUT2D eigenvalue weighted by Crippen LogP contribution is -1.72. The van der Waals surface area contributed by atoms with Crippen LogP contribution in [-0.2, 0) is 0 Å². The van der Waals surface area contributed by atoms with Crippen LogP contribution < -0.4 is 0 Å². The molecule has 0 amide bonds. The second-order valence-corrected chi connectivity index (χ2v) is 2.33. The van der Waals surface area contributed by atoms with Gasteiger partial charge in [0.05, 0.1) is 0 Å².